The summed E-state index contributed by atoms with van der Waals surface area (Å²) < 4.78 is 0. The number of halogens is 1. The Morgan fingerprint density at radius 2 is 2.06 bits per heavy atom. The molecule has 0 saturated carbocycles. The van der Waals surface area contributed by atoms with Crippen molar-refractivity contribution < 1.29 is 9.90 Å². The van der Waals surface area contributed by atoms with Crippen LogP contribution < -0.4 is 5.32 Å². The van der Waals surface area contributed by atoms with Crippen molar-refractivity contribution in [2.75, 3.05) is 5.32 Å². The van der Waals surface area contributed by atoms with E-state index >= 15 is 0 Å². The molecule has 0 aliphatic heterocycles. The van der Waals surface area contributed by atoms with Crippen LogP contribution in [0.1, 0.15) is 44.0 Å². The Morgan fingerprint density at radius 1 is 1.39 bits per heavy atom. The van der Waals surface area contributed by atoms with Crippen LogP contribution in [0.25, 0.3) is 0 Å². The van der Waals surface area contributed by atoms with Gasteiger partial charge in [0.1, 0.15) is 11.0 Å². The van der Waals surface area contributed by atoms with Gasteiger partial charge in [0.2, 0.25) is 0 Å². The molecule has 1 aromatic heterocycles. The fraction of sp³-hybridized carbons (Fsp3) is 0.538. The third kappa shape index (κ3) is 4.92. The lowest BCUT2D eigenvalue weighted by Gasteiger charge is -2.16. The average molecular weight is 271 g/mol. The predicted molar refractivity (Wildman–Crippen MR) is 73.4 cm³/mol. The Balaban J connectivity index is 2.69. The first kappa shape index (κ1) is 14.8. The van der Waals surface area contributed by atoms with Gasteiger partial charge in [-0.15, -0.1) is 0 Å². The minimum absolute atomic E-state index is 0.147. The second-order valence-electron chi connectivity index (χ2n) is 4.89. The molecule has 4 nitrogen and oxygen atoms in total. The molecule has 1 unspecified atom stereocenters. The molecule has 1 atom stereocenters. The van der Waals surface area contributed by atoms with Crippen LogP contribution in [-0.4, -0.2) is 22.1 Å². The highest BCUT2D eigenvalue weighted by Gasteiger charge is 2.10. The lowest BCUT2D eigenvalue weighted by molar-refractivity contribution is 0.0697. The predicted octanol–water partition coefficient (Wildman–Crippen LogP) is 3.67. The number of anilines is 1. The van der Waals surface area contributed by atoms with Crippen LogP contribution in [0.15, 0.2) is 12.1 Å². The van der Waals surface area contributed by atoms with Gasteiger partial charge in [-0.05, 0) is 37.8 Å². The summed E-state index contributed by atoms with van der Waals surface area (Å²) in [5, 5.41) is 12.3. The Kier molecular flexibility index (Phi) is 5.41. The number of aromatic carboxylic acids is 1. The minimum Gasteiger partial charge on any atom is -0.478 e. The van der Waals surface area contributed by atoms with Crippen molar-refractivity contribution >= 4 is 23.4 Å². The standard InChI is InChI=1S/C13H19ClN2O2/c1-8(2)4-5-9(3)15-12-7-10(13(17)18)6-11(14)16-12/h6-9H,4-5H2,1-3H3,(H,15,16)(H,17,18). The zero-order chi connectivity index (χ0) is 13.7. The Hall–Kier alpha value is -1.29. The highest BCUT2D eigenvalue weighted by molar-refractivity contribution is 6.29. The average Bonchev–Trinajstić information content (AvgIpc) is 2.25. The fourth-order valence-corrected chi connectivity index (χ4v) is 1.81. The van der Waals surface area contributed by atoms with Crippen LogP contribution in [0.3, 0.4) is 0 Å². The number of carboxylic acids is 1. The molecule has 0 spiro atoms. The maximum absolute atomic E-state index is 10.9. The smallest absolute Gasteiger partial charge is 0.335 e. The van der Waals surface area contributed by atoms with Gasteiger partial charge in [0.05, 0.1) is 5.56 Å². The van der Waals surface area contributed by atoms with Crippen molar-refractivity contribution in [3.05, 3.63) is 22.8 Å². The molecule has 1 aromatic rings. The maximum atomic E-state index is 10.9. The van der Waals surface area contributed by atoms with Crippen LogP contribution >= 0.6 is 11.6 Å². The van der Waals surface area contributed by atoms with Crippen molar-refractivity contribution in [1.82, 2.24) is 4.98 Å². The number of pyridine rings is 1. The third-order valence-corrected chi connectivity index (χ3v) is 2.81. The first-order chi connectivity index (χ1) is 8.38. The summed E-state index contributed by atoms with van der Waals surface area (Å²) in [6.07, 6.45) is 2.12. The van der Waals surface area contributed by atoms with E-state index in [4.69, 9.17) is 16.7 Å². The highest BCUT2D eigenvalue weighted by Crippen LogP contribution is 2.17. The Labute approximate surface area is 112 Å². The molecule has 0 amide bonds. The summed E-state index contributed by atoms with van der Waals surface area (Å²) in [6.45, 7) is 6.39. The van der Waals surface area contributed by atoms with Gasteiger partial charge < -0.3 is 10.4 Å². The molecule has 0 aliphatic carbocycles. The maximum Gasteiger partial charge on any atom is 0.335 e. The first-order valence-electron chi connectivity index (χ1n) is 6.06. The molecule has 0 aromatic carbocycles. The van der Waals surface area contributed by atoms with Crippen LogP contribution in [0.2, 0.25) is 5.15 Å². The van der Waals surface area contributed by atoms with Gasteiger partial charge in [-0.1, -0.05) is 25.4 Å². The van der Waals surface area contributed by atoms with Crippen molar-refractivity contribution in [3.63, 3.8) is 0 Å². The van der Waals surface area contributed by atoms with E-state index in [2.05, 4.69) is 24.1 Å². The second kappa shape index (κ2) is 6.59. The number of hydrogen-bond donors (Lipinski definition) is 2. The lowest BCUT2D eigenvalue weighted by atomic mass is 10.0. The van der Waals surface area contributed by atoms with E-state index in [0.717, 1.165) is 12.8 Å². The van der Waals surface area contributed by atoms with Gasteiger partial charge in [-0.2, -0.15) is 0 Å². The van der Waals surface area contributed by atoms with Crippen LogP contribution in [0, 0.1) is 5.92 Å². The van der Waals surface area contributed by atoms with Crippen LogP contribution in [0.5, 0.6) is 0 Å². The van der Waals surface area contributed by atoms with Gasteiger partial charge in [-0.25, -0.2) is 9.78 Å². The first-order valence-corrected chi connectivity index (χ1v) is 6.43. The van der Waals surface area contributed by atoms with Crippen molar-refractivity contribution in [3.8, 4) is 0 Å². The normalized spacial score (nSPS) is 12.5. The van der Waals surface area contributed by atoms with Gasteiger partial charge in [0.15, 0.2) is 0 Å². The minimum atomic E-state index is -1.00. The Morgan fingerprint density at radius 3 is 2.61 bits per heavy atom. The van der Waals surface area contributed by atoms with Crippen LogP contribution in [0.4, 0.5) is 5.82 Å². The largest absolute Gasteiger partial charge is 0.478 e. The van der Waals surface area contributed by atoms with E-state index < -0.39 is 5.97 Å². The van der Waals surface area contributed by atoms with E-state index in [-0.39, 0.29) is 16.8 Å². The van der Waals surface area contributed by atoms with Crippen LogP contribution in [-0.2, 0) is 0 Å². The number of nitrogens with zero attached hydrogens (tertiary/aromatic N) is 1. The summed E-state index contributed by atoms with van der Waals surface area (Å²) in [5.41, 5.74) is 0.147. The third-order valence-electron chi connectivity index (χ3n) is 2.61. The number of aromatic nitrogens is 1. The fourth-order valence-electron chi connectivity index (χ4n) is 1.60. The summed E-state index contributed by atoms with van der Waals surface area (Å²) in [4.78, 5) is 15.0. The van der Waals surface area contributed by atoms with E-state index in [1.54, 1.807) is 0 Å². The van der Waals surface area contributed by atoms with E-state index in [0.29, 0.717) is 11.7 Å². The van der Waals surface area contributed by atoms with Crippen molar-refractivity contribution in [2.24, 2.45) is 5.92 Å². The number of nitrogens with one attached hydrogen (secondary N) is 1. The topological polar surface area (TPSA) is 62.2 Å². The highest BCUT2D eigenvalue weighted by atomic mass is 35.5. The molecular weight excluding hydrogens is 252 g/mol. The molecule has 18 heavy (non-hydrogen) atoms. The molecule has 2 N–H and O–H groups in total. The van der Waals surface area contributed by atoms with Gasteiger partial charge in [-0.3, -0.25) is 0 Å². The zero-order valence-electron chi connectivity index (χ0n) is 10.9. The number of carboxylic acid groups (broad SMARTS) is 1. The lowest BCUT2D eigenvalue weighted by Crippen LogP contribution is -2.17. The summed E-state index contributed by atoms with van der Waals surface area (Å²) >= 11 is 5.79. The molecule has 0 bridgehead atoms. The molecule has 1 rings (SSSR count). The second-order valence-corrected chi connectivity index (χ2v) is 5.27. The Bertz CT molecular complexity index is 421. The van der Waals surface area contributed by atoms with E-state index in [9.17, 15) is 4.79 Å². The molecule has 0 radical (unpaired) electrons. The summed E-state index contributed by atoms with van der Waals surface area (Å²) in [7, 11) is 0. The monoisotopic (exact) mass is 270 g/mol. The number of carbonyl (C=O) groups is 1. The summed E-state index contributed by atoms with van der Waals surface area (Å²) in [6, 6.07) is 3.08. The van der Waals surface area contributed by atoms with E-state index in [1.807, 2.05) is 6.92 Å². The van der Waals surface area contributed by atoms with Gasteiger partial charge in [0.25, 0.3) is 0 Å². The zero-order valence-corrected chi connectivity index (χ0v) is 11.7. The molecule has 5 heteroatoms. The van der Waals surface area contributed by atoms with Crippen molar-refractivity contribution in [2.45, 2.75) is 39.7 Å². The molecule has 0 aliphatic rings. The van der Waals surface area contributed by atoms with Crippen molar-refractivity contribution in [1.29, 1.82) is 0 Å². The quantitative estimate of drug-likeness (QED) is 0.774. The number of hydrogen-bond acceptors (Lipinski definition) is 3. The van der Waals surface area contributed by atoms with Gasteiger partial charge in [0, 0.05) is 6.04 Å². The molecule has 100 valence electrons. The molecular formula is C13H19ClN2O2. The van der Waals surface area contributed by atoms with Gasteiger partial charge >= 0.3 is 5.97 Å². The van der Waals surface area contributed by atoms with E-state index in [1.165, 1.54) is 12.1 Å². The molecule has 0 fully saturated rings. The molecule has 1 heterocycles. The molecule has 0 saturated heterocycles. The SMILES string of the molecule is CC(C)CCC(C)Nc1cc(C(=O)O)cc(Cl)n1. The number of rotatable bonds is 6. The summed E-state index contributed by atoms with van der Waals surface area (Å²) in [5.74, 6) is 0.157.